The highest BCUT2D eigenvalue weighted by molar-refractivity contribution is 6.12. The van der Waals surface area contributed by atoms with E-state index in [-0.39, 0.29) is 5.91 Å². The molecule has 2 aromatic heterocycles. The highest BCUT2D eigenvalue weighted by atomic mass is 16.5. The number of aryl methyl sites for hydroxylation is 1. The van der Waals surface area contributed by atoms with Crippen LogP contribution in [0.5, 0.6) is 5.75 Å². The number of pyridine rings is 1. The second-order valence-electron chi connectivity index (χ2n) is 7.86. The van der Waals surface area contributed by atoms with Gasteiger partial charge in [-0.05, 0) is 51.8 Å². The number of hydrogen-bond acceptors (Lipinski definition) is 4. The van der Waals surface area contributed by atoms with Gasteiger partial charge in [-0.2, -0.15) is 0 Å². The Morgan fingerprint density at radius 2 is 1.71 bits per heavy atom. The molecule has 2 heterocycles. The van der Waals surface area contributed by atoms with Crippen LogP contribution in [0.3, 0.4) is 0 Å². The number of benzene rings is 1. The molecule has 0 radical (unpaired) electrons. The summed E-state index contributed by atoms with van der Waals surface area (Å²) < 4.78 is 8.06. The first kappa shape index (κ1) is 22.9. The smallest absolute Gasteiger partial charge is 0.274 e. The molecule has 0 N–H and O–H groups in total. The lowest BCUT2D eigenvalue weighted by Gasteiger charge is -2.22. The minimum atomic E-state index is 0.0268. The van der Waals surface area contributed by atoms with Crippen LogP contribution in [0.15, 0.2) is 24.4 Å². The summed E-state index contributed by atoms with van der Waals surface area (Å²) in [6.07, 6.45) is 3.70. The van der Waals surface area contributed by atoms with Crippen LogP contribution in [0.4, 0.5) is 5.69 Å². The van der Waals surface area contributed by atoms with E-state index in [1.54, 1.807) is 0 Å². The maximum Gasteiger partial charge on any atom is 0.274 e. The van der Waals surface area contributed by atoms with Gasteiger partial charge < -0.3 is 19.1 Å². The van der Waals surface area contributed by atoms with Crippen LogP contribution in [-0.2, 0) is 7.05 Å². The van der Waals surface area contributed by atoms with E-state index in [1.807, 2.05) is 29.6 Å². The average Bonchev–Trinajstić information content (AvgIpc) is 3.06. The first-order chi connectivity index (χ1) is 15.0. The predicted molar refractivity (Wildman–Crippen MR) is 129 cm³/mol. The van der Waals surface area contributed by atoms with E-state index in [2.05, 4.69) is 50.8 Å². The van der Waals surface area contributed by atoms with Gasteiger partial charge in [0.2, 0.25) is 0 Å². The predicted octanol–water partition coefficient (Wildman–Crippen LogP) is 5.23. The van der Waals surface area contributed by atoms with Crippen molar-refractivity contribution in [2.24, 2.45) is 7.05 Å². The number of amides is 1. The topological polar surface area (TPSA) is 50.6 Å². The molecule has 1 amide bonds. The van der Waals surface area contributed by atoms with Gasteiger partial charge in [-0.3, -0.25) is 9.78 Å². The molecule has 3 aromatic rings. The molecule has 0 aliphatic heterocycles. The lowest BCUT2D eigenvalue weighted by molar-refractivity contribution is 0.0742. The normalized spacial score (nSPS) is 11.3. The van der Waals surface area contributed by atoms with E-state index in [0.29, 0.717) is 18.1 Å². The van der Waals surface area contributed by atoms with Gasteiger partial charge in [0.05, 0.1) is 23.0 Å². The number of hydrogen-bond donors (Lipinski definition) is 0. The molecule has 0 atom stereocenters. The monoisotopic (exact) mass is 424 g/mol. The number of carbonyl (C=O) groups is 1. The van der Waals surface area contributed by atoms with Crippen LogP contribution in [0.2, 0.25) is 0 Å². The summed E-state index contributed by atoms with van der Waals surface area (Å²) in [5.41, 5.74) is 3.70. The van der Waals surface area contributed by atoms with Crippen molar-refractivity contribution in [1.82, 2.24) is 14.5 Å². The molecule has 0 saturated carbocycles. The molecule has 168 valence electrons. The lowest BCUT2D eigenvalue weighted by Crippen LogP contribution is -2.34. The molecule has 0 aliphatic carbocycles. The standard InChI is InChI=1S/C25H36N4O2/c1-7-14-29(15-8-2)25(30)23-24(31-11-5)20-17-26-21-13-12-18(28(9-3)10-4)16-19(21)22(20)27(23)6/h12-13,16-17H,7-11,14-15H2,1-6H3. The number of ether oxygens (including phenoxy) is 1. The van der Waals surface area contributed by atoms with Crippen molar-refractivity contribution in [2.75, 3.05) is 37.7 Å². The van der Waals surface area contributed by atoms with Crippen molar-refractivity contribution >= 4 is 33.4 Å². The van der Waals surface area contributed by atoms with Crippen molar-refractivity contribution in [3.05, 3.63) is 30.1 Å². The summed E-state index contributed by atoms with van der Waals surface area (Å²) in [6, 6.07) is 6.38. The average molecular weight is 425 g/mol. The molecule has 0 aliphatic rings. The first-order valence-electron chi connectivity index (χ1n) is 11.6. The van der Waals surface area contributed by atoms with E-state index < -0.39 is 0 Å². The Bertz CT molecular complexity index is 1050. The number of rotatable bonds is 10. The molecular weight excluding hydrogens is 388 g/mol. The summed E-state index contributed by atoms with van der Waals surface area (Å²) in [6.45, 7) is 14.3. The Labute approximate surface area is 185 Å². The molecule has 6 heteroatoms. The van der Waals surface area contributed by atoms with Gasteiger partial charge in [0.15, 0.2) is 11.4 Å². The summed E-state index contributed by atoms with van der Waals surface area (Å²) >= 11 is 0. The van der Waals surface area contributed by atoms with E-state index in [4.69, 9.17) is 9.72 Å². The van der Waals surface area contributed by atoms with Crippen molar-refractivity contribution in [3.8, 4) is 5.75 Å². The molecule has 1 aromatic carbocycles. The fraction of sp³-hybridized carbons (Fsp3) is 0.520. The molecule has 3 rings (SSSR count). The zero-order valence-electron chi connectivity index (χ0n) is 19.9. The van der Waals surface area contributed by atoms with Crippen molar-refractivity contribution in [2.45, 2.75) is 47.5 Å². The van der Waals surface area contributed by atoms with E-state index in [0.717, 1.165) is 66.5 Å². The Morgan fingerprint density at radius 1 is 1.03 bits per heavy atom. The molecule has 6 nitrogen and oxygen atoms in total. The largest absolute Gasteiger partial charge is 0.491 e. The van der Waals surface area contributed by atoms with Gasteiger partial charge in [-0.1, -0.05) is 13.8 Å². The summed E-state index contributed by atoms with van der Waals surface area (Å²) in [5.74, 6) is 0.670. The summed E-state index contributed by atoms with van der Waals surface area (Å²) in [5, 5.41) is 1.94. The van der Waals surface area contributed by atoms with Crippen LogP contribution in [0.1, 0.15) is 57.9 Å². The second-order valence-corrected chi connectivity index (χ2v) is 7.86. The van der Waals surface area contributed by atoms with Crippen molar-refractivity contribution < 1.29 is 9.53 Å². The zero-order valence-corrected chi connectivity index (χ0v) is 19.9. The Balaban J connectivity index is 2.28. The molecule has 0 fully saturated rings. The maximum absolute atomic E-state index is 13.6. The van der Waals surface area contributed by atoms with E-state index in [1.165, 1.54) is 0 Å². The number of carbonyl (C=O) groups excluding carboxylic acids is 1. The molecule has 31 heavy (non-hydrogen) atoms. The van der Waals surface area contributed by atoms with Gasteiger partial charge in [0, 0.05) is 50.5 Å². The van der Waals surface area contributed by atoms with Crippen LogP contribution in [0, 0.1) is 0 Å². The maximum atomic E-state index is 13.6. The molecule has 0 spiro atoms. The minimum Gasteiger partial charge on any atom is -0.491 e. The summed E-state index contributed by atoms with van der Waals surface area (Å²) in [4.78, 5) is 22.6. The van der Waals surface area contributed by atoms with E-state index >= 15 is 0 Å². The van der Waals surface area contributed by atoms with Gasteiger partial charge in [-0.15, -0.1) is 0 Å². The van der Waals surface area contributed by atoms with Crippen LogP contribution < -0.4 is 9.64 Å². The Hall–Kier alpha value is -2.76. The highest BCUT2D eigenvalue weighted by Gasteiger charge is 2.27. The fourth-order valence-corrected chi connectivity index (χ4v) is 4.41. The lowest BCUT2D eigenvalue weighted by atomic mass is 10.1. The summed E-state index contributed by atoms with van der Waals surface area (Å²) in [7, 11) is 1.97. The molecule has 0 saturated heterocycles. The highest BCUT2D eigenvalue weighted by Crippen LogP contribution is 2.38. The third-order valence-electron chi connectivity index (χ3n) is 5.85. The fourth-order valence-electron chi connectivity index (χ4n) is 4.41. The van der Waals surface area contributed by atoms with E-state index in [9.17, 15) is 4.79 Å². The second kappa shape index (κ2) is 10.0. The Kier molecular flexibility index (Phi) is 7.42. The third kappa shape index (κ3) is 4.21. The Morgan fingerprint density at radius 3 is 2.29 bits per heavy atom. The molecular formula is C25H36N4O2. The van der Waals surface area contributed by atoms with Crippen molar-refractivity contribution in [3.63, 3.8) is 0 Å². The van der Waals surface area contributed by atoms with Gasteiger partial charge in [-0.25, -0.2) is 0 Å². The van der Waals surface area contributed by atoms with Gasteiger partial charge >= 0.3 is 0 Å². The first-order valence-corrected chi connectivity index (χ1v) is 11.6. The number of anilines is 1. The minimum absolute atomic E-state index is 0.0268. The van der Waals surface area contributed by atoms with Crippen molar-refractivity contribution in [1.29, 1.82) is 0 Å². The molecule has 0 unspecified atom stereocenters. The van der Waals surface area contributed by atoms with Crippen LogP contribution in [0.25, 0.3) is 21.8 Å². The number of aromatic nitrogens is 2. The number of fused-ring (bicyclic) bond motifs is 3. The van der Waals surface area contributed by atoms with Crippen LogP contribution >= 0.6 is 0 Å². The third-order valence-corrected chi connectivity index (χ3v) is 5.85. The van der Waals surface area contributed by atoms with Crippen LogP contribution in [-0.4, -0.2) is 53.1 Å². The quantitative estimate of drug-likeness (QED) is 0.447. The number of nitrogens with zero attached hydrogens (tertiary/aromatic N) is 4. The van der Waals surface area contributed by atoms with Gasteiger partial charge in [0.25, 0.3) is 5.91 Å². The molecule has 0 bridgehead atoms. The SMILES string of the molecule is CCCN(CCC)C(=O)c1c(OCC)c2cnc3ccc(N(CC)CC)cc3c2n1C. The van der Waals surface area contributed by atoms with Gasteiger partial charge in [0.1, 0.15) is 0 Å². The zero-order chi connectivity index (χ0) is 22.5.